The van der Waals surface area contributed by atoms with Crippen molar-refractivity contribution in [1.29, 1.82) is 0 Å². The first-order chi connectivity index (χ1) is 10.4. The van der Waals surface area contributed by atoms with Gasteiger partial charge in [0.15, 0.2) is 5.78 Å². The van der Waals surface area contributed by atoms with Gasteiger partial charge in [0, 0.05) is 18.5 Å². The fourth-order valence-electron chi connectivity index (χ4n) is 2.41. The Kier molecular flexibility index (Phi) is 5.56. The summed E-state index contributed by atoms with van der Waals surface area (Å²) < 4.78 is 9.96. The minimum absolute atomic E-state index is 0.0463. The average Bonchev–Trinajstić information content (AvgIpc) is 2.39. The van der Waals surface area contributed by atoms with E-state index in [-0.39, 0.29) is 25.5 Å². The average molecular weight is 327 g/mol. The summed E-state index contributed by atoms with van der Waals surface area (Å²) in [5.41, 5.74) is -1.63. The normalized spacial score (nSPS) is 20.9. The zero-order chi connectivity index (χ0) is 18.0. The first-order valence-corrected chi connectivity index (χ1v) is 7.62. The van der Waals surface area contributed by atoms with Gasteiger partial charge in [0.05, 0.1) is 6.61 Å². The van der Waals surface area contributed by atoms with Crippen LogP contribution in [0.25, 0.3) is 0 Å². The number of piperidine rings is 1. The van der Waals surface area contributed by atoms with Crippen molar-refractivity contribution in [2.24, 2.45) is 11.3 Å². The van der Waals surface area contributed by atoms with Crippen molar-refractivity contribution in [2.45, 2.75) is 47.1 Å². The summed E-state index contributed by atoms with van der Waals surface area (Å²) in [6.07, 6.45) is -0.611. The van der Waals surface area contributed by atoms with Gasteiger partial charge in [-0.25, -0.2) is 9.59 Å². The van der Waals surface area contributed by atoms with Crippen LogP contribution in [-0.2, 0) is 23.9 Å². The van der Waals surface area contributed by atoms with E-state index in [9.17, 15) is 19.2 Å². The molecule has 0 saturated carbocycles. The molecule has 1 atom stereocenters. The molecule has 1 heterocycles. The molecule has 1 rings (SSSR count). The van der Waals surface area contributed by atoms with E-state index < -0.39 is 34.8 Å². The zero-order valence-electron chi connectivity index (χ0n) is 14.6. The Hall–Kier alpha value is -1.92. The molecule has 1 unspecified atom stereocenters. The van der Waals surface area contributed by atoms with E-state index in [0.717, 1.165) is 0 Å². The molecular weight excluding hydrogens is 302 g/mol. The smallest absolute Gasteiger partial charge is 0.410 e. The molecular formula is C16H25NO6. The lowest BCUT2D eigenvalue weighted by Gasteiger charge is -2.40. The van der Waals surface area contributed by atoms with Gasteiger partial charge in [0.1, 0.15) is 11.5 Å². The van der Waals surface area contributed by atoms with Crippen molar-refractivity contribution >= 4 is 23.6 Å². The molecule has 7 heteroatoms. The molecule has 0 aliphatic carbocycles. The third kappa shape index (κ3) is 4.77. The highest BCUT2D eigenvalue weighted by Gasteiger charge is 2.48. The number of Topliss-reactive ketones (excluding diaryl/α,β-unsaturated/α-hetero) is 2. The Bertz CT molecular complexity index is 517. The molecule has 0 aromatic carbocycles. The van der Waals surface area contributed by atoms with Crippen molar-refractivity contribution in [1.82, 2.24) is 4.90 Å². The number of carbonyl (C=O) groups is 4. The van der Waals surface area contributed by atoms with Crippen LogP contribution in [0, 0.1) is 11.3 Å². The largest absolute Gasteiger partial charge is 0.460 e. The van der Waals surface area contributed by atoms with Crippen LogP contribution < -0.4 is 0 Å². The summed E-state index contributed by atoms with van der Waals surface area (Å²) in [5.74, 6) is -3.55. The van der Waals surface area contributed by atoms with Crippen LogP contribution in [0.4, 0.5) is 4.79 Å². The maximum absolute atomic E-state index is 12.4. The van der Waals surface area contributed by atoms with E-state index in [1.807, 2.05) is 0 Å². The van der Waals surface area contributed by atoms with Gasteiger partial charge in [-0.05, 0) is 27.7 Å². The van der Waals surface area contributed by atoms with E-state index in [0.29, 0.717) is 0 Å². The van der Waals surface area contributed by atoms with Crippen molar-refractivity contribution < 1.29 is 28.7 Å². The second-order valence-electron chi connectivity index (χ2n) is 7.25. The number of rotatable bonds is 3. The third-order valence-electron chi connectivity index (χ3n) is 3.42. The molecule has 1 aliphatic rings. The molecule has 0 aromatic heterocycles. The summed E-state index contributed by atoms with van der Waals surface area (Å²) in [6.45, 7) is 10.0. The molecule has 0 bridgehead atoms. The fraction of sp³-hybridized carbons (Fsp3) is 0.750. The maximum Gasteiger partial charge on any atom is 0.410 e. The molecule has 7 nitrogen and oxygen atoms in total. The summed E-state index contributed by atoms with van der Waals surface area (Å²) >= 11 is 0. The van der Waals surface area contributed by atoms with Crippen molar-refractivity contribution in [2.75, 3.05) is 19.7 Å². The number of amides is 1. The van der Waals surface area contributed by atoms with Gasteiger partial charge in [0.25, 0.3) is 5.78 Å². The van der Waals surface area contributed by atoms with Gasteiger partial charge in [-0.3, -0.25) is 9.59 Å². The zero-order valence-corrected chi connectivity index (χ0v) is 14.6. The van der Waals surface area contributed by atoms with Crippen LogP contribution in [0.2, 0.25) is 0 Å². The molecule has 1 aliphatic heterocycles. The Labute approximate surface area is 136 Å². The van der Waals surface area contributed by atoms with Gasteiger partial charge >= 0.3 is 12.1 Å². The van der Waals surface area contributed by atoms with Gasteiger partial charge in [-0.1, -0.05) is 13.8 Å². The summed E-state index contributed by atoms with van der Waals surface area (Å²) in [6, 6.07) is 0. The lowest BCUT2D eigenvalue weighted by Crippen LogP contribution is -2.57. The molecule has 1 saturated heterocycles. The molecule has 0 radical (unpaired) electrons. The molecule has 1 amide bonds. The monoisotopic (exact) mass is 327 g/mol. The minimum atomic E-state index is -1.22. The number of nitrogens with zero attached hydrogens (tertiary/aromatic N) is 1. The van der Waals surface area contributed by atoms with Gasteiger partial charge in [0.2, 0.25) is 0 Å². The number of hydrogen-bond donors (Lipinski definition) is 0. The standard InChI is InChI=1S/C16H25NO6/c1-7-22-13(20)11(18)10-8-17(9-16(5,6)12(10)19)14(21)23-15(2,3)4/h10H,7-9H2,1-6H3. The van der Waals surface area contributed by atoms with Gasteiger partial charge < -0.3 is 14.4 Å². The van der Waals surface area contributed by atoms with Crippen LogP contribution >= 0.6 is 0 Å². The van der Waals surface area contributed by atoms with E-state index >= 15 is 0 Å². The highest BCUT2D eigenvalue weighted by atomic mass is 16.6. The SMILES string of the molecule is CCOC(=O)C(=O)C1CN(C(=O)OC(C)(C)C)CC(C)(C)C1=O. The van der Waals surface area contributed by atoms with Crippen LogP contribution in [0.1, 0.15) is 41.5 Å². The fourth-order valence-corrected chi connectivity index (χ4v) is 2.41. The molecule has 23 heavy (non-hydrogen) atoms. The Balaban J connectivity index is 2.99. The van der Waals surface area contributed by atoms with E-state index in [4.69, 9.17) is 4.74 Å². The topological polar surface area (TPSA) is 90.0 Å². The summed E-state index contributed by atoms with van der Waals surface area (Å²) in [4.78, 5) is 49.8. The van der Waals surface area contributed by atoms with Crippen LogP contribution in [0.3, 0.4) is 0 Å². The minimum Gasteiger partial charge on any atom is -0.460 e. The van der Waals surface area contributed by atoms with Crippen LogP contribution in [-0.4, -0.2) is 53.8 Å². The molecule has 0 aromatic rings. The number of ketones is 2. The highest BCUT2D eigenvalue weighted by Crippen LogP contribution is 2.30. The van der Waals surface area contributed by atoms with Gasteiger partial charge in [-0.15, -0.1) is 0 Å². The van der Waals surface area contributed by atoms with E-state index in [1.165, 1.54) is 4.90 Å². The molecule has 130 valence electrons. The van der Waals surface area contributed by atoms with E-state index in [1.54, 1.807) is 41.5 Å². The second kappa shape index (κ2) is 6.68. The highest BCUT2D eigenvalue weighted by molar-refractivity contribution is 6.38. The molecule has 0 spiro atoms. The number of esters is 1. The van der Waals surface area contributed by atoms with Crippen molar-refractivity contribution in [3.63, 3.8) is 0 Å². The van der Waals surface area contributed by atoms with E-state index in [2.05, 4.69) is 4.74 Å². The van der Waals surface area contributed by atoms with Gasteiger partial charge in [-0.2, -0.15) is 0 Å². The number of carbonyl (C=O) groups excluding carboxylic acids is 4. The molecule has 0 N–H and O–H groups in total. The lowest BCUT2D eigenvalue weighted by atomic mass is 9.75. The Morgan fingerprint density at radius 2 is 1.83 bits per heavy atom. The predicted octanol–water partition coefficient (Wildman–Crippen LogP) is 1.58. The quantitative estimate of drug-likeness (QED) is 0.444. The predicted molar refractivity (Wildman–Crippen MR) is 81.7 cm³/mol. The maximum atomic E-state index is 12.4. The Morgan fingerprint density at radius 3 is 2.30 bits per heavy atom. The third-order valence-corrected chi connectivity index (χ3v) is 3.42. The first-order valence-electron chi connectivity index (χ1n) is 7.62. The van der Waals surface area contributed by atoms with Crippen LogP contribution in [0.15, 0.2) is 0 Å². The second-order valence-corrected chi connectivity index (χ2v) is 7.25. The lowest BCUT2D eigenvalue weighted by molar-refractivity contribution is -0.159. The summed E-state index contributed by atoms with van der Waals surface area (Å²) in [5, 5.41) is 0. The molecule has 1 fully saturated rings. The van der Waals surface area contributed by atoms with Crippen LogP contribution in [0.5, 0.6) is 0 Å². The van der Waals surface area contributed by atoms with Crippen molar-refractivity contribution in [3.8, 4) is 0 Å². The first kappa shape index (κ1) is 19.1. The number of hydrogen-bond acceptors (Lipinski definition) is 6. The Morgan fingerprint density at radius 1 is 1.26 bits per heavy atom. The summed E-state index contributed by atoms with van der Waals surface area (Å²) in [7, 11) is 0. The number of ether oxygens (including phenoxy) is 2. The van der Waals surface area contributed by atoms with Crippen molar-refractivity contribution in [3.05, 3.63) is 0 Å². The number of likely N-dealkylation sites (tertiary alicyclic amines) is 1.